The first-order chi connectivity index (χ1) is 8.31. The van der Waals surface area contributed by atoms with Crippen molar-refractivity contribution in [3.8, 4) is 5.75 Å². The van der Waals surface area contributed by atoms with Gasteiger partial charge in [0.25, 0.3) is 0 Å². The van der Waals surface area contributed by atoms with Crippen LogP contribution in [0.15, 0.2) is 30.2 Å². The van der Waals surface area contributed by atoms with Gasteiger partial charge in [-0.1, -0.05) is 6.92 Å². The van der Waals surface area contributed by atoms with Crippen molar-refractivity contribution in [3.05, 3.63) is 40.6 Å². The lowest BCUT2D eigenvalue weighted by Gasteiger charge is -2.10. The first kappa shape index (κ1) is 12.0. The van der Waals surface area contributed by atoms with E-state index >= 15 is 0 Å². The van der Waals surface area contributed by atoms with Crippen molar-refractivity contribution >= 4 is 11.3 Å². The third-order valence-electron chi connectivity index (χ3n) is 2.24. The van der Waals surface area contributed by atoms with Gasteiger partial charge in [-0.25, -0.2) is 0 Å². The molecule has 1 N–H and O–H groups in total. The van der Waals surface area contributed by atoms with Gasteiger partial charge in [0.2, 0.25) is 0 Å². The number of ether oxygens (including phenoxy) is 1. The Labute approximate surface area is 104 Å². The van der Waals surface area contributed by atoms with Crippen LogP contribution in [-0.4, -0.2) is 21.7 Å². The molecular formula is C12H14N2O2S. The molecule has 0 fully saturated rings. The van der Waals surface area contributed by atoms with Crippen LogP contribution in [0.2, 0.25) is 0 Å². The molecule has 2 aromatic rings. The van der Waals surface area contributed by atoms with E-state index in [0.717, 1.165) is 16.9 Å². The normalized spacial score (nSPS) is 12.4. The van der Waals surface area contributed by atoms with E-state index in [1.54, 1.807) is 24.1 Å². The van der Waals surface area contributed by atoms with E-state index in [1.807, 2.05) is 13.0 Å². The summed E-state index contributed by atoms with van der Waals surface area (Å²) in [7, 11) is 0. The van der Waals surface area contributed by atoms with Gasteiger partial charge in [-0.2, -0.15) is 0 Å². The lowest BCUT2D eigenvalue weighted by Crippen LogP contribution is -2.00. The molecule has 0 spiro atoms. The Balaban J connectivity index is 2.15. The van der Waals surface area contributed by atoms with Crippen LogP contribution in [-0.2, 0) is 0 Å². The second kappa shape index (κ2) is 5.75. The van der Waals surface area contributed by atoms with E-state index in [1.165, 1.54) is 11.3 Å². The number of pyridine rings is 1. The molecule has 0 saturated heterocycles. The zero-order valence-electron chi connectivity index (χ0n) is 9.54. The smallest absolute Gasteiger partial charge is 0.137 e. The molecule has 4 nitrogen and oxygen atoms in total. The summed E-state index contributed by atoms with van der Waals surface area (Å²) < 4.78 is 5.48. The number of nitrogens with zero attached hydrogens (tertiary/aromatic N) is 2. The molecular weight excluding hydrogens is 236 g/mol. The minimum Gasteiger partial charge on any atom is -0.492 e. The Morgan fingerprint density at radius 2 is 2.24 bits per heavy atom. The molecule has 5 heteroatoms. The second-order valence-electron chi connectivity index (χ2n) is 3.61. The molecule has 1 unspecified atom stereocenters. The molecule has 2 rings (SSSR count). The number of hydrogen-bond donors (Lipinski definition) is 1. The van der Waals surface area contributed by atoms with Crippen molar-refractivity contribution in [1.82, 2.24) is 9.97 Å². The molecule has 90 valence electrons. The number of aliphatic hydroxyl groups excluding tert-OH is 1. The highest BCUT2D eigenvalue weighted by Crippen LogP contribution is 2.26. The number of thiazole rings is 1. The summed E-state index contributed by atoms with van der Waals surface area (Å²) in [5, 5.41) is 10.1. The molecule has 17 heavy (non-hydrogen) atoms. The van der Waals surface area contributed by atoms with Crippen LogP contribution in [0.5, 0.6) is 5.75 Å². The molecule has 0 radical (unpaired) electrons. The standard InChI is InChI=1S/C12H14N2O2S/c1-2-3-16-10-4-9(5-13-6-10)12(15)11-7-14-8-17-11/h4-8,12,15H,2-3H2,1H3. The maximum Gasteiger partial charge on any atom is 0.137 e. The molecule has 2 heterocycles. The van der Waals surface area contributed by atoms with Gasteiger partial charge in [-0.05, 0) is 12.5 Å². The van der Waals surface area contributed by atoms with Crippen molar-refractivity contribution in [2.75, 3.05) is 6.61 Å². The molecule has 0 aliphatic rings. The van der Waals surface area contributed by atoms with Gasteiger partial charge in [-0.15, -0.1) is 11.3 Å². The van der Waals surface area contributed by atoms with Gasteiger partial charge < -0.3 is 9.84 Å². The minimum atomic E-state index is -0.680. The Bertz CT molecular complexity index is 459. The summed E-state index contributed by atoms with van der Waals surface area (Å²) in [5.41, 5.74) is 2.42. The van der Waals surface area contributed by atoms with Crippen LogP contribution < -0.4 is 4.74 Å². The van der Waals surface area contributed by atoms with Crippen molar-refractivity contribution in [2.24, 2.45) is 0 Å². The van der Waals surface area contributed by atoms with Gasteiger partial charge in [0.1, 0.15) is 11.9 Å². The predicted molar refractivity (Wildman–Crippen MR) is 66.2 cm³/mol. The van der Waals surface area contributed by atoms with Crippen LogP contribution in [0.4, 0.5) is 0 Å². The first-order valence-electron chi connectivity index (χ1n) is 5.45. The summed E-state index contributed by atoms with van der Waals surface area (Å²) >= 11 is 1.42. The zero-order chi connectivity index (χ0) is 12.1. The summed E-state index contributed by atoms with van der Waals surface area (Å²) in [6.45, 7) is 2.70. The van der Waals surface area contributed by atoms with E-state index in [2.05, 4.69) is 9.97 Å². The summed E-state index contributed by atoms with van der Waals surface area (Å²) in [5.74, 6) is 0.688. The minimum absolute atomic E-state index is 0.655. The van der Waals surface area contributed by atoms with Crippen LogP contribution in [0.3, 0.4) is 0 Å². The number of hydrogen-bond acceptors (Lipinski definition) is 5. The third-order valence-corrected chi connectivity index (χ3v) is 3.07. The fourth-order valence-corrected chi connectivity index (χ4v) is 2.04. The fourth-order valence-electron chi connectivity index (χ4n) is 1.41. The van der Waals surface area contributed by atoms with Gasteiger partial charge in [0.05, 0.1) is 23.2 Å². The quantitative estimate of drug-likeness (QED) is 0.885. The van der Waals surface area contributed by atoms with Gasteiger partial charge in [-0.3, -0.25) is 9.97 Å². The van der Waals surface area contributed by atoms with Crippen molar-refractivity contribution in [1.29, 1.82) is 0 Å². The second-order valence-corrected chi connectivity index (χ2v) is 4.53. The Kier molecular flexibility index (Phi) is 4.06. The molecule has 2 aromatic heterocycles. The maximum atomic E-state index is 10.1. The van der Waals surface area contributed by atoms with E-state index < -0.39 is 6.10 Å². The van der Waals surface area contributed by atoms with Crippen molar-refractivity contribution in [3.63, 3.8) is 0 Å². The summed E-state index contributed by atoms with van der Waals surface area (Å²) in [4.78, 5) is 8.82. The fraction of sp³-hybridized carbons (Fsp3) is 0.333. The molecule has 0 aromatic carbocycles. The summed E-state index contributed by atoms with van der Waals surface area (Å²) in [6.07, 6.45) is 5.22. The highest BCUT2D eigenvalue weighted by atomic mass is 32.1. The van der Waals surface area contributed by atoms with Crippen LogP contribution in [0, 0.1) is 0 Å². The Morgan fingerprint density at radius 1 is 1.35 bits per heavy atom. The average Bonchev–Trinajstić information content (AvgIpc) is 2.89. The molecule has 1 atom stereocenters. The maximum absolute atomic E-state index is 10.1. The van der Waals surface area contributed by atoms with Crippen LogP contribution >= 0.6 is 11.3 Å². The predicted octanol–water partition coefficient (Wildman–Crippen LogP) is 2.41. The number of aromatic nitrogens is 2. The van der Waals surface area contributed by atoms with E-state index in [-0.39, 0.29) is 0 Å². The van der Waals surface area contributed by atoms with E-state index in [4.69, 9.17) is 4.74 Å². The lowest BCUT2D eigenvalue weighted by atomic mass is 10.1. The lowest BCUT2D eigenvalue weighted by molar-refractivity contribution is 0.222. The Morgan fingerprint density at radius 3 is 2.94 bits per heavy atom. The first-order valence-corrected chi connectivity index (χ1v) is 6.33. The highest BCUT2D eigenvalue weighted by molar-refractivity contribution is 7.09. The average molecular weight is 250 g/mol. The highest BCUT2D eigenvalue weighted by Gasteiger charge is 2.13. The Hall–Kier alpha value is -1.46. The zero-order valence-corrected chi connectivity index (χ0v) is 10.4. The summed E-state index contributed by atoms with van der Waals surface area (Å²) in [6, 6.07) is 1.81. The topological polar surface area (TPSA) is 55.2 Å². The van der Waals surface area contributed by atoms with Crippen LogP contribution in [0.1, 0.15) is 29.9 Å². The van der Waals surface area contributed by atoms with Gasteiger partial charge in [0, 0.05) is 18.0 Å². The van der Waals surface area contributed by atoms with Crippen molar-refractivity contribution < 1.29 is 9.84 Å². The van der Waals surface area contributed by atoms with E-state index in [0.29, 0.717) is 12.4 Å². The van der Waals surface area contributed by atoms with E-state index in [9.17, 15) is 5.11 Å². The number of rotatable bonds is 5. The monoisotopic (exact) mass is 250 g/mol. The molecule has 0 aliphatic heterocycles. The number of aliphatic hydroxyl groups is 1. The molecule has 0 amide bonds. The largest absolute Gasteiger partial charge is 0.492 e. The molecule has 0 saturated carbocycles. The molecule has 0 aliphatic carbocycles. The SMILES string of the molecule is CCCOc1cncc(C(O)c2cncs2)c1. The van der Waals surface area contributed by atoms with Crippen molar-refractivity contribution in [2.45, 2.75) is 19.4 Å². The van der Waals surface area contributed by atoms with Gasteiger partial charge in [0.15, 0.2) is 0 Å². The molecule has 0 bridgehead atoms. The third kappa shape index (κ3) is 3.01. The van der Waals surface area contributed by atoms with Gasteiger partial charge >= 0.3 is 0 Å². The van der Waals surface area contributed by atoms with Crippen LogP contribution in [0.25, 0.3) is 0 Å².